The molecule has 5 rings (SSSR count). The molecule has 2 amide bonds. The average Bonchev–Trinajstić information content (AvgIpc) is 3.35. The normalized spacial score (nSPS) is 14.0. The van der Waals surface area contributed by atoms with E-state index < -0.39 is 23.2 Å². The Morgan fingerprint density at radius 1 is 1.04 bits per heavy atom. The summed E-state index contributed by atoms with van der Waals surface area (Å²) in [5.74, 6) is 1.29. The number of fused-ring (bicyclic) bond motifs is 4. The first-order valence-electron chi connectivity index (χ1n) is 16.2. The van der Waals surface area contributed by atoms with Crippen LogP contribution >= 0.6 is 23.4 Å². The minimum absolute atomic E-state index is 0.0295. The van der Waals surface area contributed by atoms with E-state index in [1.807, 2.05) is 12.3 Å². The summed E-state index contributed by atoms with van der Waals surface area (Å²) in [5.41, 5.74) is 1.96. The molecule has 0 radical (unpaired) electrons. The Balaban J connectivity index is 1.49. The van der Waals surface area contributed by atoms with Gasteiger partial charge < -0.3 is 39.7 Å². The molecule has 15 heteroatoms. The molecule has 4 N–H and O–H groups in total. The third-order valence-electron chi connectivity index (χ3n) is 8.74. The fraction of sp³-hybridized carbons (Fsp3) is 0.361. The van der Waals surface area contributed by atoms with Gasteiger partial charge in [-0.05, 0) is 84.4 Å². The summed E-state index contributed by atoms with van der Waals surface area (Å²) in [5, 5.41) is 9.40. The van der Waals surface area contributed by atoms with E-state index in [0.717, 1.165) is 5.56 Å². The van der Waals surface area contributed by atoms with Crippen molar-refractivity contribution in [1.82, 2.24) is 20.2 Å². The summed E-state index contributed by atoms with van der Waals surface area (Å²) in [4.78, 5) is 67.4. The van der Waals surface area contributed by atoms with Crippen molar-refractivity contribution in [1.29, 1.82) is 0 Å². The Kier molecular flexibility index (Phi) is 12.0. The number of ether oxygens (including phenoxy) is 3. The SMILES string of the molecule is COc1cc2c(c(OC)c1OC)-c1ccc(N[C@H](CCSC)C(=O)NCCn3c(=O)c(=O)[nH]c4cc(Cl)ccc43)c(=O)cc1[C@H](NC(C)=O)CC2. The Morgan fingerprint density at radius 2 is 1.80 bits per heavy atom. The lowest BCUT2D eigenvalue weighted by atomic mass is 9.95. The van der Waals surface area contributed by atoms with Crippen molar-refractivity contribution in [3.8, 4) is 28.4 Å². The number of aromatic nitrogens is 2. The first-order chi connectivity index (χ1) is 24.5. The molecule has 1 heterocycles. The van der Waals surface area contributed by atoms with Crippen molar-refractivity contribution in [3.63, 3.8) is 0 Å². The minimum Gasteiger partial charge on any atom is -0.493 e. The van der Waals surface area contributed by atoms with Crippen molar-refractivity contribution < 1.29 is 23.8 Å². The molecule has 0 aliphatic heterocycles. The molecule has 0 bridgehead atoms. The molecule has 4 aromatic rings. The summed E-state index contributed by atoms with van der Waals surface area (Å²) in [7, 11) is 4.59. The van der Waals surface area contributed by atoms with Gasteiger partial charge in [0.05, 0.1) is 44.1 Å². The van der Waals surface area contributed by atoms with Crippen LogP contribution in [0.15, 0.2) is 56.8 Å². The number of aromatic amines is 1. The maximum atomic E-state index is 13.9. The van der Waals surface area contributed by atoms with Gasteiger partial charge in [0, 0.05) is 30.6 Å². The van der Waals surface area contributed by atoms with Gasteiger partial charge >= 0.3 is 11.1 Å². The monoisotopic (exact) mass is 737 g/mol. The van der Waals surface area contributed by atoms with Gasteiger partial charge in [-0.3, -0.25) is 24.0 Å². The molecular weight excluding hydrogens is 698 g/mol. The molecule has 2 atom stereocenters. The first kappa shape index (κ1) is 37.3. The number of carbonyl (C=O) groups is 2. The van der Waals surface area contributed by atoms with E-state index in [4.69, 9.17) is 25.8 Å². The maximum Gasteiger partial charge on any atom is 0.316 e. The molecule has 0 unspecified atom stereocenters. The third-order valence-corrected chi connectivity index (χ3v) is 9.62. The molecule has 1 aliphatic carbocycles. The van der Waals surface area contributed by atoms with Crippen LogP contribution in [0.3, 0.4) is 0 Å². The zero-order valence-corrected chi connectivity index (χ0v) is 30.5. The van der Waals surface area contributed by atoms with Crippen LogP contribution in [0, 0.1) is 0 Å². The van der Waals surface area contributed by atoms with E-state index in [1.165, 1.54) is 31.8 Å². The second-order valence-electron chi connectivity index (χ2n) is 11.9. The summed E-state index contributed by atoms with van der Waals surface area (Å²) >= 11 is 7.62. The standard InChI is InChI=1S/C36H40ClN5O8S/c1-19(43)39-24-9-6-20-16-30(48-2)32(49-3)33(50-4)31(20)22-8-10-25(29(44)18-23(22)24)40-26(12-15-51-5)34(45)38-13-14-42-28-11-7-21(37)17-27(28)41-35(46)36(42)47/h7-8,10-11,16-18,24,26H,6,9,12-15H2,1-5H3,(H,38,45)(H,39,43)(H,40,44)(H,41,46)/t24-,26-/m1/s1. The number of amides is 2. The van der Waals surface area contributed by atoms with Crippen molar-refractivity contribution in [2.45, 2.75) is 44.8 Å². The minimum atomic E-state index is -0.809. The molecular formula is C36H40ClN5O8S. The molecule has 1 aromatic heterocycles. The summed E-state index contributed by atoms with van der Waals surface area (Å²) in [6.45, 7) is 1.50. The lowest BCUT2D eigenvalue weighted by Crippen LogP contribution is -2.43. The molecule has 1 aliphatic rings. The second kappa shape index (κ2) is 16.4. The van der Waals surface area contributed by atoms with Crippen LogP contribution in [0.25, 0.3) is 22.2 Å². The van der Waals surface area contributed by atoms with Crippen molar-refractivity contribution >= 4 is 51.9 Å². The highest BCUT2D eigenvalue weighted by Crippen LogP contribution is 2.50. The van der Waals surface area contributed by atoms with Crippen LogP contribution in [0.5, 0.6) is 17.2 Å². The number of thioether (sulfide) groups is 1. The Labute approximate surface area is 303 Å². The smallest absolute Gasteiger partial charge is 0.316 e. The number of hydrogen-bond acceptors (Lipinski definition) is 10. The number of H-pyrrole nitrogens is 1. The van der Waals surface area contributed by atoms with Crippen LogP contribution < -0.4 is 46.7 Å². The van der Waals surface area contributed by atoms with Gasteiger partial charge in [-0.25, -0.2) is 0 Å². The van der Waals surface area contributed by atoms with Crippen LogP contribution in [0.2, 0.25) is 5.02 Å². The molecule has 13 nitrogen and oxygen atoms in total. The van der Waals surface area contributed by atoms with Crippen LogP contribution in [-0.2, 0) is 22.6 Å². The van der Waals surface area contributed by atoms with E-state index in [1.54, 1.807) is 49.2 Å². The van der Waals surface area contributed by atoms with E-state index in [9.17, 15) is 24.0 Å². The van der Waals surface area contributed by atoms with Gasteiger partial charge in [0.1, 0.15) is 6.04 Å². The number of nitrogens with one attached hydrogen (secondary N) is 4. The lowest BCUT2D eigenvalue weighted by molar-refractivity contribution is -0.122. The van der Waals surface area contributed by atoms with E-state index in [-0.39, 0.29) is 36.0 Å². The maximum absolute atomic E-state index is 13.9. The first-order valence-corrected chi connectivity index (χ1v) is 18.0. The zero-order chi connectivity index (χ0) is 36.8. The number of methoxy groups -OCH3 is 3. The predicted molar refractivity (Wildman–Crippen MR) is 200 cm³/mol. The molecule has 3 aromatic carbocycles. The largest absolute Gasteiger partial charge is 0.493 e. The van der Waals surface area contributed by atoms with Gasteiger partial charge in [-0.2, -0.15) is 11.8 Å². The Bertz CT molecular complexity index is 2150. The third kappa shape index (κ3) is 8.02. The Hall–Kier alpha value is -4.95. The summed E-state index contributed by atoms with van der Waals surface area (Å²) < 4.78 is 18.4. The highest BCUT2D eigenvalue weighted by Gasteiger charge is 2.30. The fourth-order valence-electron chi connectivity index (χ4n) is 6.41. The molecule has 0 saturated carbocycles. The molecule has 0 saturated heterocycles. The number of halogens is 1. The Morgan fingerprint density at radius 3 is 2.49 bits per heavy atom. The van der Waals surface area contributed by atoms with Crippen LogP contribution in [0.4, 0.5) is 5.69 Å². The molecule has 0 fully saturated rings. The average molecular weight is 738 g/mol. The number of carbonyl (C=O) groups excluding carboxylic acids is 2. The summed E-state index contributed by atoms with van der Waals surface area (Å²) in [6, 6.07) is 10.3. The molecule has 0 spiro atoms. The van der Waals surface area contributed by atoms with E-state index in [2.05, 4.69) is 20.9 Å². The van der Waals surface area contributed by atoms with Crippen LogP contribution in [0.1, 0.15) is 36.9 Å². The number of rotatable bonds is 13. The number of anilines is 1. The van der Waals surface area contributed by atoms with E-state index >= 15 is 0 Å². The number of hydrogen-bond donors (Lipinski definition) is 4. The van der Waals surface area contributed by atoms with Gasteiger partial charge in [-0.15, -0.1) is 0 Å². The molecule has 51 heavy (non-hydrogen) atoms. The van der Waals surface area contributed by atoms with Gasteiger partial charge in [0.15, 0.2) is 11.5 Å². The highest BCUT2D eigenvalue weighted by molar-refractivity contribution is 7.98. The van der Waals surface area contributed by atoms with Gasteiger partial charge in [-0.1, -0.05) is 17.7 Å². The van der Waals surface area contributed by atoms with Crippen molar-refractivity contribution in [3.05, 3.63) is 89.5 Å². The second-order valence-corrected chi connectivity index (χ2v) is 13.4. The number of aryl methyl sites for hydroxylation is 1. The highest BCUT2D eigenvalue weighted by atomic mass is 35.5. The lowest BCUT2D eigenvalue weighted by Gasteiger charge is -2.19. The molecule has 270 valence electrons. The number of nitrogens with zero attached hydrogens (tertiary/aromatic N) is 1. The topological polar surface area (TPSA) is 170 Å². The quantitative estimate of drug-likeness (QED) is 0.148. The fourth-order valence-corrected chi connectivity index (χ4v) is 7.05. The van der Waals surface area contributed by atoms with Gasteiger partial charge in [0.2, 0.25) is 23.0 Å². The van der Waals surface area contributed by atoms with Crippen molar-refractivity contribution in [2.75, 3.05) is 45.2 Å². The van der Waals surface area contributed by atoms with Crippen LogP contribution in [-0.4, -0.2) is 67.3 Å². The predicted octanol–water partition coefficient (Wildman–Crippen LogP) is 3.87. The van der Waals surface area contributed by atoms with E-state index in [0.29, 0.717) is 75.0 Å². The summed E-state index contributed by atoms with van der Waals surface area (Å²) in [6.07, 6.45) is 3.36. The van der Waals surface area contributed by atoms with Gasteiger partial charge in [0.25, 0.3) is 0 Å². The van der Waals surface area contributed by atoms with Crippen molar-refractivity contribution in [2.24, 2.45) is 0 Å². The zero-order valence-electron chi connectivity index (χ0n) is 28.9. The number of benzene rings is 2.